The summed E-state index contributed by atoms with van der Waals surface area (Å²) >= 11 is 0. The zero-order valence-electron chi connectivity index (χ0n) is 14.1. The maximum atomic E-state index is 12.5. The quantitative estimate of drug-likeness (QED) is 0.641. The number of pyridine rings is 1. The van der Waals surface area contributed by atoms with E-state index in [1.807, 2.05) is 35.2 Å². The van der Waals surface area contributed by atoms with Gasteiger partial charge in [0.25, 0.3) is 5.91 Å². The van der Waals surface area contributed by atoms with Crippen LogP contribution in [0.25, 0.3) is 10.9 Å². The Hall–Kier alpha value is -2.87. The Balaban J connectivity index is 1.70. The molecule has 0 saturated heterocycles. The van der Waals surface area contributed by atoms with Crippen LogP contribution in [0.5, 0.6) is 0 Å². The lowest BCUT2D eigenvalue weighted by Gasteiger charge is -2.12. The van der Waals surface area contributed by atoms with E-state index in [0.29, 0.717) is 11.7 Å². The molecule has 1 aliphatic rings. The first-order valence-electron chi connectivity index (χ1n) is 8.25. The number of carbonyl (C=O) groups excluding carboxylic acids is 1. The lowest BCUT2D eigenvalue weighted by atomic mass is 10.1. The third kappa shape index (κ3) is 3.55. The van der Waals surface area contributed by atoms with E-state index in [1.54, 1.807) is 12.3 Å². The molecule has 7 nitrogen and oxygen atoms in total. The molecular weight excluding hydrogens is 352 g/mol. The van der Waals surface area contributed by atoms with Crippen molar-refractivity contribution < 1.29 is 13.2 Å². The van der Waals surface area contributed by atoms with Crippen molar-refractivity contribution in [3.63, 3.8) is 0 Å². The van der Waals surface area contributed by atoms with Crippen LogP contribution in [0.1, 0.15) is 34.7 Å². The minimum atomic E-state index is -3.66. The molecule has 0 unspecified atom stereocenters. The molecule has 1 fully saturated rings. The number of rotatable bonds is 5. The lowest BCUT2D eigenvalue weighted by Crippen LogP contribution is -2.30. The first-order valence-corrected chi connectivity index (χ1v) is 10.1. The van der Waals surface area contributed by atoms with Gasteiger partial charge >= 0.3 is 0 Å². The lowest BCUT2D eigenvalue weighted by molar-refractivity contribution is 0.0982. The minimum Gasteiger partial charge on any atom is -0.361 e. The van der Waals surface area contributed by atoms with Crippen molar-refractivity contribution in [1.82, 2.24) is 14.7 Å². The molecule has 3 N–H and O–H groups in total. The summed E-state index contributed by atoms with van der Waals surface area (Å²) in [6.07, 6.45) is 6.67. The number of aromatic nitrogens is 2. The van der Waals surface area contributed by atoms with Crippen LogP contribution in [-0.4, -0.2) is 30.5 Å². The van der Waals surface area contributed by atoms with Gasteiger partial charge in [0.1, 0.15) is 5.82 Å². The maximum absolute atomic E-state index is 12.5. The fourth-order valence-electron chi connectivity index (χ4n) is 2.88. The number of hydrogen-bond donors (Lipinski definition) is 3. The second-order valence-corrected chi connectivity index (χ2v) is 8.30. The predicted molar refractivity (Wildman–Crippen MR) is 100 cm³/mol. The molecule has 26 heavy (non-hydrogen) atoms. The highest BCUT2D eigenvalue weighted by molar-refractivity contribution is 7.89. The minimum absolute atomic E-state index is 0.217. The maximum Gasteiger partial charge on any atom is 0.268 e. The zero-order valence-corrected chi connectivity index (χ0v) is 14.9. The number of carbonyl (C=O) groups is 1. The summed E-state index contributed by atoms with van der Waals surface area (Å²) in [5.74, 6) is 0.0377. The Kier molecular flexibility index (Phi) is 3.91. The van der Waals surface area contributed by atoms with Crippen LogP contribution in [-0.2, 0) is 10.0 Å². The summed E-state index contributed by atoms with van der Waals surface area (Å²) in [7, 11) is -3.66. The molecule has 1 aromatic carbocycles. The smallest absolute Gasteiger partial charge is 0.268 e. The summed E-state index contributed by atoms with van der Waals surface area (Å²) in [6, 6.07) is 9.39. The fraction of sp³-hybridized carbons (Fsp3) is 0.222. The van der Waals surface area contributed by atoms with Crippen LogP contribution in [0.3, 0.4) is 0 Å². The number of nitrogens with one attached hydrogen (secondary N) is 3. The van der Waals surface area contributed by atoms with Crippen molar-refractivity contribution in [2.24, 2.45) is 0 Å². The summed E-state index contributed by atoms with van der Waals surface area (Å²) < 4.78 is 24.9. The fourth-order valence-corrected chi connectivity index (χ4v) is 3.33. The second-order valence-electron chi connectivity index (χ2n) is 6.55. The number of aromatic amines is 1. The highest BCUT2D eigenvalue weighted by Gasteiger charge is 2.26. The molecule has 0 aliphatic heterocycles. The van der Waals surface area contributed by atoms with E-state index in [-0.39, 0.29) is 5.56 Å². The van der Waals surface area contributed by atoms with Crippen molar-refractivity contribution in [2.75, 3.05) is 11.6 Å². The summed E-state index contributed by atoms with van der Waals surface area (Å²) in [6.45, 7) is 0. The van der Waals surface area contributed by atoms with Gasteiger partial charge in [-0.2, -0.15) is 0 Å². The summed E-state index contributed by atoms with van der Waals surface area (Å²) in [5.41, 5.74) is 2.93. The third-order valence-electron chi connectivity index (χ3n) is 4.30. The molecule has 2 aromatic heterocycles. The average Bonchev–Trinajstić information content (AvgIpc) is 3.31. The number of sulfonamides is 1. The third-order valence-corrected chi connectivity index (χ3v) is 4.85. The standard InChI is InChI=1S/C18H18N4O3S/c1-26(24,25)22-18(23)15-9-13(11-2-3-11)10-20-17(15)21-14-4-5-16-12(8-14)6-7-19-16/h4-11,19H,2-3H2,1H3,(H,20,21)(H,22,23). The van der Waals surface area contributed by atoms with E-state index in [1.165, 1.54) is 0 Å². The van der Waals surface area contributed by atoms with E-state index in [4.69, 9.17) is 0 Å². The van der Waals surface area contributed by atoms with E-state index >= 15 is 0 Å². The van der Waals surface area contributed by atoms with Gasteiger partial charge in [0.15, 0.2) is 0 Å². The molecule has 1 amide bonds. The second kappa shape index (κ2) is 6.14. The Morgan fingerprint density at radius 3 is 2.77 bits per heavy atom. The van der Waals surface area contributed by atoms with Crippen molar-refractivity contribution in [2.45, 2.75) is 18.8 Å². The van der Waals surface area contributed by atoms with Gasteiger partial charge in [-0.05, 0) is 54.7 Å². The van der Waals surface area contributed by atoms with E-state index in [9.17, 15) is 13.2 Å². The highest BCUT2D eigenvalue weighted by Crippen LogP contribution is 2.40. The Bertz CT molecular complexity index is 1100. The molecule has 0 bridgehead atoms. The summed E-state index contributed by atoms with van der Waals surface area (Å²) in [5, 5.41) is 4.15. The van der Waals surface area contributed by atoms with Gasteiger partial charge in [0.05, 0.1) is 11.8 Å². The average molecular weight is 370 g/mol. The molecule has 0 spiro atoms. The SMILES string of the molecule is CS(=O)(=O)NC(=O)c1cc(C2CC2)cnc1Nc1ccc2[nH]ccc2c1. The molecule has 134 valence electrons. The molecule has 8 heteroatoms. The van der Waals surface area contributed by atoms with Gasteiger partial charge in [-0.15, -0.1) is 0 Å². The molecule has 1 saturated carbocycles. The van der Waals surface area contributed by atoms with Crippen LogP contribution >= 0.6 is 0 Å². The van der Waals surface area contributed by atoms with Crippen LogP contribution in [0.15, 0.2) is 42.7 Å². The zero-order chi connectivity index (χ0) is 18.3. The van der Waals surface area contributed by atoms with E-state index in [0.717, 1.165) is 41.3 Å². The number of anilines is 2. The van der Waals surface area contributed by atoms with Crippen LogP contribution in [0.2, 0.25) is 0 Å². The van der Waals surface area contributed by atoms with Crippen LogP contribution < -0.4 is 10.0 Å². The number of amides is 1. The Morgan fingerprint density at radius 1 is 1.23 bits per heavy atom. The molecule has 1 aliphatic carbocycles. The van der Waals surface area contributed by atoms with Gasteiger partial charge in [-0.3, -0.25) is 4.79 Å². The van der Waals surface area contributed by atoms with Crippen molar-refractivity contribution >= 4 is 38.3 Å². The number of nitrogens with zero attached hydrogens (tertiary/aromatic N) is 1. The van der Waals surface area contributed by atoms with Crippen molar-refractivity contribution in [1.29, 1.82) is 0 Å². The van der Waals surface area contributed by atoms with Gasteiger partial charge in [-0.1, -0.05) is 0 Å². The molecule has 0 radical (unpaired) electrons. The normalized spacial score (nSPS) is 14.3. The first-order chi connectivity index (χ1) is 12.4. The van der Waals surface area contributed by atoms with Crippen molar-refractivity contribution in [3.05, 3.63) is 53.9 Å². The molecular formula is C18H18N4O3S. The number of H-pyrrole nitrogens is 1. The van der Waals surface area contributed by atoms with Crippen LogP contribution in [0.4, 0.5) is 11.5 Å². The first kappa shape index (κ1) is 16.6. The van der Waals surface area contributed by atoms with Gasteiger partial charge < -0.3 is 10.3 Å². The Labute approximate surface area is 150 Å². The Morgan fingerprint density at radius 2 is 2.04 bits per heavy atom. The van der Waals surface area contributed by atoms with Crippen LogP contribution in [0, 0.1) is 0 Å². The van der Waals surface area contributed by atoms with Gasteiger partial charge in [0, 0.05) is 29.0 Å². The predicted octanol–water partition coefficient (Wildman–Crippen LogP) is 2.87. The van der Waals surface area contributed by atoms with E-state index < -0.39 is 15.9 Å². The highest BCUT2D eigenvalue weighted by atomic mass is 32.2. The van der Waals surface area contributed by atoms with Gasteiger partial charge in [-0.25, -0.2) is 18.1 Å². The molecule has 2 heterocycles. The monoisotopic (exact) mass is 370 g/mol. The summed E-state index contributed by atoms with van der Waals surface area (Å²) in [4.78, 5) is 20.0. The van der Waals surface area contributed by atoms with Gasteiger partial charge in [0.2, 0.25) is 10.0 Å². The van der Waals surface area contributed by atoms with Crippen molar-refractivity contribution in [3.8, 4) is 0 Å². The molecule has 3 aromatic rings. The number of benzene rings is 1. The number of hydrogen-bond acceptors (Lipinski definition) is 5. The topological polar surface area (TPSA) is 104 Å². The number of fused-ring (bicyclic) bond motifs is 1. The molecule has 4 rings (SSSR count). The largest absolute Gasteiger partial charge is 0.361 e. The molecule has 0 atom stereocenters. The van der Waals surface area contributed by atoms with E-state index in [2.05, 4.69) is 15.3 Å².